The summed E-state index contributed by atoms with van der Waals surface area (Å²) in [7, 11) is 4.79. The van der Waals surface area contributed by atoms with Crippen molar-refractivity contribution in [2.45, 2.75) is 129 Å². The average molecular weight is 609 g/mol. The van der Waals surface area contributed by atoms with Gasteiger partial charge in [0.15, 0.2) is 0 Å². The van der Waals surface area contributed by atoms with Gasteiger partial charge in [0.25, 0.3) is 0 Å². The number of carbonyl (C=O) groups excluding carboxylic acids is 1. The van der Waals surface area contributed by atoms with Gasteiger partial charge in [-0.25, -0.2) is 9.36 Å². The van der Waals surface area contributed by atoms with Crippen LogP contribution in [-0.2, 0) is 18.3 Å². The van der Waals surface area contributed by atoms with E-state index in [9.17, 15) is 14.3 Å². The van der Waals surface area contributed by atoms with E-state index in [2.05, 4.69) is 12.2 Å². The summed E-state index contributed by atoms with van der Waals surface area (Å²) in [5.41, 5.74) is 0. The normalized spacial score (nSPS) is 14.1. The molecule has 0 aromatic heterocycles. The number of unbranched alkanes of at least 4 members (excludes halogenated alkanes) is 17. The molecule has 0 fully saturated rings. The Hall–Kier alpha value is -0.700. The molecular weight excluding hydrogens is 541 g/mol. The van der Waals surface area contributed by atoms with Gasteiger partial charge in [-0.1, -0.05) is 116 Å². The maximum absolute atomic E-state index is 12.5. The van der Waals surface area contributed by atoms with Crippen molar-refractivity contribution in [2.24, 2.45) is 0 Å². The summed E-state index contributed by atoms with van der Waals surface area (Å²) in [6, 6.07) is -0.305. The summed E-state index contributed by atoms with van der Waals surface area (Å²) in [4.78, 5) is 23.5. The van der Waals surface area contributed by atoms with E-state index in [1.165, 1.54) is 115 Å². The molecule has 10 heteroatoms. The molecule has 0 rings (SSSR count). The predicted octanol–water partition coefficient (Wildman–Crippen LogP) is 7.52. The number of carbonyl (C=O) groups is 1. The number of likely N-dealkylation sites (N-methyl/N-ethyl adjacent to an activating group) is 2. The number of quaternary nitrogens is 1. The van der Waals surface area contributed by atoms with E-state index < -0.39 is 13.9 Å². The van der Waals surface area contributed by atoms with Gasteiger partial charge in [0, 0.05) is 20.7 Å². The van der Waals surface area contributed by atoms with Crippen LogP contribution >= 0.6 is 7.82 Å². The molecule has 0 heterocycles. The molecular formula is C31H67N3O6P+. The smallest absolute Gasteiger partial charge is 0.379 e. The van der Waals surface area contributed by atoms with E-state index in [4.69, 9.17) is 13.8 Å². The summed E-state index contributed by atoms with van der Waals surface area (Å²) >= 11 is 0. The molecule has 0 saturated heterocycles. The largest absolute Gasteiger partial charge is 0.472 e. The van der Waals surface area contributed by atoms with Crippen molar-refractivity contribution < 1.29 is 32.5 Å². The molecule has 0 aliphatic heterocycles. The monoisotopic (exact) mass is 608 g/mol. The van der Waals surface area contributed by atoms with E-state index in [0.29, 0.717) is 17.6 Å². The lowest BCUT2D eigenvalue weighted by Gasteiger charge is -2.27. The van der Waals surface area contributed by atoms with Crippen molar-refractivity contribution in [3.63, 3.8) is 0 Å². The van der Waals surface area contributed by atoms with Crippen molar-refractivity contribution in [1.82, 2.24) is 10.2 Å². The Balaban J connectivity index is 3.92. The average Bonchev–Trinajstić information content (AvgIpc) is 2.90. The highest BCUT2D eigenvalue weighted by atomic mass is 31.2. The number of hydrogen-bond donors (Lipinski definition) is 2. The lowest BCUT2D eigenvalue weighted by Crippen LogP contribution is -2.42. The highest BCUT2D eigenvalue weighted by molar-refractivity contribution is 7.47. The van der Waals surface area contributed by atoms with Crippen LogP contribution in [0.1, 0.15) is 122 Å². The zero-order chi connectivity index (χ0) is 30.8. The van der Waals surface area contributed by atoms with Crippen molar-refractivity contribution in [3.8, 4) is 0 Å². The van der Waals surface area contributed by atoms with E-state index in [1.807, 2.05) is 21.1 Å². The minimum Gasteiger partial charge on any atom is -0.379 e. The van der Waals surface area contributed by atoms with Gasteiger partial charge in [0.1, 0.15) is 19.3 Å². The van der Waals surface area contributed by atoms with Gasteiger partial charge in [-0.05, 0) is 6.42 Å². The van der Waals surface area contributed by atoms with Crippen LogP contribution in [0, 0.1) is 0 Å². The minimum atomic E-state index is -4.27. The van der Waals surface area contributed by atoms with Crippen LogP contribution in [0.25, 0.3) is 0 Å². The number of phosphoric acid groups is 1. The molecule has 2 N–H and O–H groups in total. The third kappa shape index (κ3) is 27.9. The lowest BCUT2D eigenvalue weighted by molar-refractivity contribution is -0.870. The first-order valence-corrected chi connectivity index (χ1v) is 18.0. The molecule has 2 atom stereocenters. The van der Waals surface area contributed by atoms with Crippen molar-refractivity contribution >= 4 is 13.9 Å². The number of nitrogens with zero attached hydrogens (tertiary/aromatic N) is 2. The fraction of sp³-hybridized carbons (Fsp3) is 0.968. The first kappa shape index (κ1) is 40.3. The third-order valence-electron chi connectivity index (χ3n) is 7.28. The number of hydrogen-bond acceptors (Lipinski definition) is 5. The Bertz CT molecular complexity index is 662. The second-order valence-corrected chi connectivity index (χ2v) is 14.0. The predicted molar refractivity (Wildman–Crippen MR) is 170 cm³/mol. The number of ether oxygens (including phenoxy) is 1. The SMILES string of the molecule is CCCCCCCCCCCCCCCCCCCCOCC(CN(C)C(=O)NC)OP(=O)(O)OCC[N+](C)(C)C. The molecule has 2 amide bonds. The summed E-state index contributed by atoms with van der Waals surface area (Å²) in [6.45, 7) is 3.71. The molecule has 0 spiro atoms. The zero-order valence-corrected chi connectivity index (χ0v) is 28.6. The molecule has 0 saturated carbocycles. The Kier molecular flexibility index (Phi) is 25.3. The summed E-state index contributed by atoms with van der Waals surface area (Å²) in [5, 5.41) is 2.54. The quantitative estimate of drug-likeness (QED) is 0.0518. The molecule has 0 aliphatic carbocycles. The van der Waals surface area contributed by atoms with Crippen LogP contribution in [0.5, 0.6) is 0 Å². The summed E-state index contributed by atoms with van der Waals surface area (Å²) < 4.78 is 29.4. The Morgan fingerprint density at radius 3 is 1.66 bits per heavy atom. The fourth-order valence-electron chi connectivity index (χ4n) is 4.67. The third-order valence-corrected chi connectivity index (χ3v) is 8.36. The fourth-order valence-corrected chi connectivity index (χ4v) is 5.54. The van der Waals surface area contributed by atoms with Gasteiger partial charge in [-0.3, -0.25) is 9.05 Å². The first-order chi connectivity index (χ1) is 19.5. The van der Waals surface area contributed by atoms with Gasteiger partial charge in [0.05, 0.1) is 34.3 Å². The van der Waals surface area contributed by atoms with E-state index in [1.54, 1.807) is 7.05 Å². The minimum absolute atomic E-state index is 0.0927. The molecule has 0 aliphatic rings. The van der Waals surface area contributed by atoms with Crippen LogP contribution in [0.15, 0.2) is 0 Å². The maximum atomic E-state index is 12.5. The number of amides is 2. The molecule has 0 aromatic rings. The van der Waals surface area contributed by atoms with E-state index >= 15 is 0 Å². The number of urea groups is 1. The molecule has 246 valence electrons. The topological polar surface area (TPSA) is 97.3 Å². The second-order valence-electron chi connectivity index (χ2n) is 12.6. The van der Waals surface area contributed by atoms with Crippen molar-refractivity contribution in [2.75, 3.05) is 68.1 Å². The standard InChI is InChI=1S/C31H66N3O6P/c1-7-8-9-10-11-12-13-14-15-16-17-18-19-20-21-22-23-24-26-38-29-30(28-33(3)31(35)32-2)40-41(36,37)39-27-25-34(4,5)6/h30H,7-29H2,1-6H3,(H-,32,35,36,37)/p+1. The van der Waals surface area contributed by atoms with Crippen LogP contribution in [-0.4, -0.2) is 94.6 Å². The lowest BCUT2D eigenvalue weighted by atomic mass is 10.0. The van der Waals surface area contributed by atoms with E-state index in [-0.39, 0.29) is 25.8 Å². The Labute approximate surface area is 253 Å². The molecule has 9 nitrogen and oxygen atoms in total. The zero-order valence-electron chi connectivity index (χ0n) is 27.7. The highest BCUT2D eigenvalue weighted by Crippen LogP contribution is 2.44. The van der Waals surface area contributed by atoms with Crippen molar-refractivity contribution in [3.05, 3.63) is 0 Å². The van der Waals surface area contributed by atoms with Crippen LogP contribution in [0.2, 0.25) is 0 Å². The maximum Gasteiger partial charge on any atom is 0.472 e. The molecule has 41 heavy (non-hydrogen) atoms. The molecule has 0 radical (unpaired) electrons. The highest BCUT2D eigenvalue weighted by Gasteiger charge is 2.29. The van der Waals surface area contributed by atoms with Gasteiger partial charge >= 0.3 is 13.9 Å². The number of nitrogens with one attached hydrogen (secondary N) is 1. The Morgan fingerprint density at radius 2 is 1.24 bits per heavy atom. The number of phosphoric ester groups is 1. The molecule has 2 unspecified atom stereocenters. The second kappa shape index (κ2) is 25.8. The first-order valence-electron chi connectivity index (χ1n) is 16.5. The van der Waals surface area contributed by atoms with Crippen LogP contribution < -0.4 is 5.32 Å². The van der Waals surface area contributed by atoms with Crippen molar-refractivity contribution in [1.29, 1.82) is 0 Å². The van der Waals surface area contributed by atoms with E-state index in [0.717, 1.165) is 12.8 Å². The van der Waals surface area contributed by atoms with Gasteiger partial charge in [-0.15, -0.1) is 0 Å². The Morgan fingerprint density at radius 1 is 0.805 bits per heavy atom. The van der Waals surface area contributed by atoms with Crippen LogP contribution in [0.3, 0.4) is 0 Å². The van der Waals surface area contributed by atoms with Gasteiger partial charge < -0.3 is 24.3 Å². The summed E-state index contributed by atoms with van der Waals surface area (Å²) in [5.74, 6) is 0. The van der Waals surface area contributed by atoms with Gasteiger partial charge in [-0.2, -0.15) is 0 Å². The number of rotatable bonds is 29. The molecule has 0 bridgehead atoms. The molecule has 0 aromatic carbocycles. The summed E-state index contributed by atoms with van der Waals surface area (Å²) in [6.07, 6.45) is 23.2. The van der Waals surface area contributed by atoms with Crippen LogP contribution in [0.4, 0.5) is 4.79 Å². The van der Waals surface area contributed by atoms with Gasteiger partial charge in [0.2, 0.25) is 0 Å².